The zero-order valence-corrected chi connectivity index (χ0v) is 9.98. The number of hydrogen-bond acceptors (Lipinski definition) is 5. The molecule has 0 spiro atoms. The van der Waals surface area contributed by atoms with Crippen molar-refractivity contribution in [3.8, 4) is 0 Å². The Labute approximate surface area is 94.8 Å². The summed E-state index contributed by atoms with van der Waals surface area (Å²) >= 11 is 1.47. The van der Waals surface area contributed by atoms with E-state index in [0.717, 1.165) is 42.7 Å². The van der Waals surface area contributed by atoms with Crippen molar-refractivity contribution in [2.24, 2.45) is 0 Å². The van der Waals surface area contributed by atoms with Crippen LogP contribution in [0.3, 0.4) is 0 Å². The SMILES string of the molecule is CCCCOCCCNc1ncc(N)s1. The topological polar surface area (TPSA) is 60.2 Å². The number of ether oxygens (including phenoxy) is 1. The van der Waals surface area contributed by atoms with Gasteiger partial charge in [-0.2, -0.15) is 0 Å². The maximum atomic E-state index is 5.56. The molecular formula is C10H19N3OS. The third-order valence-corrected chi connectivity index (χ3v) is 2.69. The number of nitrogens with one attached hydrogen (secondary N) is 1. The number of nitrogens with two attached hydrogens (primary N) is 1. The van der Waals surface area contributed by atoms with Gasteiger partial charge in [0.05, 0.1) is 6.20 Å². The Hall–Kier alpha value is -0.810. The minimum atomic E-state index is 0.747. The third kappa shape index (κ3) is 5.59. The van der Waals surface area contributed by atoms with Crippen LogP contribution in [0.25, 0.3) is 0 Å². The number of nitrogen functional groups attached to an aromatic ring is 1. The van der Waals surface area contributed by atoms with Crippen LogP contribution in [0.15, 0.2) is 6.20 Å². The van der Waals surface area contributed by atoms with Gasteiger partial charge in [-0.3, -0.25) is 0 Å². The first-order valence-electron chi connectivity index (χ1n) is 5.36. The molecule has 0 aliphatic rings. The van der Waals surface area contributed by atoms with E-state index in [4.69, 9.17) is 10.5 Å². The van der Waals surface area contributed by atoms with E-state index in [0.29, 0.717) is 0 Å². The molecule has 0 aliphatic carbocycles. The van der Waals surface area contributed by atoms with Gasteiger partial charge in [-0.05, 0) is 12.8 Å². The standard InChI is InChI=1S/C10H19N3OS/c1-2-3-6-14-7-4-5-12-10-13-8-9(11)15-10/h8H,2-7,11H2,1H3,(H,12,13). The van der Waals surface area contributed by atoms with Crippen molar-refractivity contribution in [2.75, 3.05) is 30.8 Å². The Balaban J connectivity index is 1.93. The summed E-state index contributed by atoms with van der Waals surface area (Å²) in [6.45, 7) is 4.74. The summed E-state index contributed by atoms with van der Waals surface area (Å²) in [5, 5.41) is 4.84. The van der Waals surface area contributed by atoms with Crippen molar-refractivity contribution >= 4 is 21.5 Å². The minimum Gasteiger partial charge on any atom is -0.389 e. The molecule has 0 amide bonds. The number of aromatic nitrogens is 1. The lowest BCUT2D eigenvalue weighted by Gasteiger charge is -2.03. The molecule has 3 N–H and O–H groups in total. The molecule has 0 aromatic carbocycles. The van der Waals surface area contributed by atoms with Gasteiger partial charge in [0.25, 0.3) is 0 Å². The van der Waals surface area contributed by atoms with Crippen LogP contribution in [0.1, 0.15) is 26.2 Å². The molecule has 0 atom stereocenters. The maximum Gasteiger partial charge on any atom is 0.184 e. The first-order valence-corrected chi connectivity index (χ1v) is 6.17. The summed E-state index contributed by atoms with van der Waals surface area (Å²) < 4.78 is 5.44. The van der Waals surface area contributed by atoms with Gasteiger partial charge in [0.15, 0.2) is 5.13 Å². The molecule has 0 unspecified atom stereocenters. The molecule has 86 valence electrons. The second-order valence-corrected chi connectivity index (χ2v) is 4.38. The molecule has 1 aromatic heterocycles. The summed E-state index contributed by atoms with van der Waals surface area (Å²) in [5.74, 6) is 0. The zero-order chi connectivity index (χ0) is 10.9. The molecule has 4 nitrogen and oxygen atoms in total. The van der Waals surface area contributed by atoms with E-state index >= 15 is 0 Å². The van der Waals surface area contributed by atoms with Gasteiger partial charge in [-0.15, -0.1) is 0 Å². The highest BCUT2D eigenvalue weighted by Gasteiger charge is 1.96. The molecule has 0 aliphatic heterocycles. The predicted octanol–water partition coefficient (Wildman–Crippen LogP) is 2.34. The molecule has 15 heavy (non-hydrogen) atoms. The van der Waals surface area contributed by atoms with Crippen LogP contribution in [-0.4, -0.2) is 24.7 Å². The van der Waals surface area contributed by atoms with Crippen LogP contribution in [0.2, 0.25) is 0 Å². The summed E-state index contributed by atoms with van der Waals surface area (Å²) in [5.41, 5.74) is 5.56. The number of rotatable bonds is 8. The molecule has 0 fully saturated rings. The maximum absolute atomic E-state index is 5.56. The molecule has 1 rings (SSSR count). The monoisotopic (exact) mass is 229 g/mol. The van der Waals surface area contributed by atoms with Gasteiger partial charge in [0.2, 0.25) is 0 Å². The lowest BCUT2D eigenvalue weighted by molar-refractivity contribution is 0.131. The molecule has 0 radical (unpaired) electrons. The number of hydrogen-bond donors (Lipinski definition) is 2. The molecule has 5 heteroatoms. The van der Waals surface area contributed by atoms with Gasteiger partial charge >= 0.3 is 0 Å². The van der Waals surface area contributed by atoms with E-state index in [-0.39, 0.29) is 0 Å². The van der Waals surface area contributed by atoms with Crippen LogP contribution in [0.4, 0.5) is 10.1 Å². The Kier molecular flexibility index (Phi) is 6.11. The molecule has 1 aromatic rings. The molecule has 0 saturated carbocycles. The second kappa shape index (κ2) is 7.48. The van der Waals surface area contributed by atoms with Gasteiger partial charge in [0.1, 0.15) is 5.00 Å². The summed E-state index contributed by atoms with van der Waals surface area (Å²) in [6.07, 6.45) is 5.01. The first-order chi connectivity index (χ1) is 7.33. The Morgan fingerprint density at radius 3 is 2.93 bits per heavy atom. The van der Waals surface area contributed by atoms with Gasteiger partial charge in [-0.25, -0.2) is 4.98 Å². The second-order valence-electron chi connectivity index (χ2n) is 3.31. The van der Waals surface area contributed by atoms with Gasteiger partial charge in [0, 0.05) is 19.8 Å². The number of anilines is 2. The smallest absolute Gasteiger partial charge is 0.184 e. The fourth-order valence-corrected chi connectivity index (χ4v) is 1.69. The van der Waals surface area contributed by atoms with Crippen molar-refractivity contribution in [3.05, 3.63) is 6.20 Å². The number of nitrogens with zero attached hydrogens (tertiary/aromatic N) is 1. The lowest BCUT2D eigenvalue weighted by Crippen LogP contribution is -2.05. The van der Waals surface area contributed by atoms with Crippen LogP contribution < -0.4 is 11.1 Å². The fourth-order valence-electron chi connectivity index (χ4n) is 1.09. The van der Waals surface area contributed by atoms with E-state index in [1.54, 1.807) is 6.20 Å². The van der Waals surface area contributed by atoms with Crippen molar-refractivity contribution in [3.63, 3.8) is 0 Å². The van der Waals surface area contributed by atoms with Crippen molar-refractivity contribution in [2.45, 2.75) is 26.2 Å². The van der Waals surface area contributed by atoms with Crippen molar-refractivity contribution < 1.29 is 4.74 Å². The quantitative estimate of drug-likeness (QED) is 0.672. The summed E-state index contributed by atoms with van der Waals surface area (Å²) in [7, 11) is 0. The van der Waals surface area contributed by atoms with Crippen LogP contribution in [-0.2, 0) is 4.74 Å². The third-order valence-electron chi connectivity index (χ3n) is 1.91. The minimum absolute atomic E-state index is 0.747. The Morgan fingerprint density at radius 1 is 1.47 bits per heavy atom. The normalized spacial score (nSPS) is 10.5. The Morgan fingerprint density at radius 2 is 2.27 bits per heavy atom. The zero-order valence-electron chi connectivity index (χ0n) is 9.16. The molecule has 1 heterocycles. The van der Waals surface area contributed by atoms with E-state index in [1.165, 1.54) is 17.8 Å². The van der Waals surface area contributed by atoms with Gasteiger partial charge < -0.3 is 15.8 Å². The lowest BCUT2D eigenvalue weighted by atomic mass is 10.4. The first kappa shape index (κ1) is 12.3. The van der Waals surface area contributed by atoms with E-state index < -0.39 is 0 Å². The highest BCUT2D eigenvalue weighted by Crippen LogP contribution is 2.18. The average Bonchev–Trinajstić information content (AvgIpc) is 2.63. The number of thiazole rings is 1. The Bertz CT molecular complexity index is 265. The summed E-state index contributed by atoms with van der Waals surface area (Å²) in [6, 6.07) is 0. The van der Waals surface area contributed by atoms with Crippen LogP contribution in [0, 0.1) is 0 Å². The molecule has 0 bridgehead atoms. The van der Waals surface area contributed by atoms with Gasteiger partial charge in [-0.1, -0.05) is 24.7 Å². The van der Waals surface area contributed by atoms with Crippen LogP contribution >= 0.6 is 11.3 Å². The largest absolute Gasteiger partial charge is 0.389 e. The predicted molar refractivity (Wildman–Crippen MR) is 65.4 cm³/mol. The molecular weight excluding hydrogens is 210 g/mol. The fraction of sp³-hybridized carbons (Fsp3) is 0.700. The average molecular weight is 229 g/mol. The van der Waals surface area contributed by atoms with Crippen molar-refractivity contribution in [1.29, 1.82) is 0 Å². The molecule has 0 saturated heterocycles. The van der Waals surface area contributed by atoms with E-state index in [1.807, 2.05) is 0 Å². The van der Waals surface area contributed by atoms with E-state index in [2.05, 4.69) is 17.2 Å². The van der Waals surface area contributed by atoms with Crippen LogP contribution in [0.5, 0.6) is 0 Å². The van der Waals surface area contributed by atoms with Crippen molar-refractivity contribution in [1.82, 2.24) is 4.98 Å². The van der Waals surface area contributed by atoms with E-state index in [9.17, 15) is 0 Å². The summed E-state index contributed by atoms with van der Waals surface area (Å²) in [4.78, 5) is 4.10. The highest BCUT2D eigenvalue weighted by molar-refractivity contribution is 7.19. The highest BCUT2D eigenvalue weighted by atomic mass is 32.1. The number of unbranched alkanes of at least 4 members (excludes halogenated alkanes) is 1.